The molecule has 0 radical (unpaired) electrons. The van der Waals surface area contributed by atoms with E-state index in [1.807, 2.05) is 18.2 Å². The molecule has 0 fully saturated rings. The van der Waals surface area contributed by atoms with Crippen molar-refractivity contribution in [2.45, 2.75) is 19.4 Å². The van der Waals surface area contributed by atoms with Crippen molar-refractivity contribution in [3.8, 4) is 0 Å². The monoisotopic (exact) mass is 343 g/mol. The van der Waals surface area contributed by atoms with Gasteiger partial charge in [-0.15, -0.1) is 0 Å². The molecule has 0 aliphatic carbocycles. The third-order valence-corrected chi connectivity index (χ3v) is 4.40. The summed E-state index contributed by atoms with van der Waals surface area (Å²) in [5, 5.41) is 8.63. The van der Waals surface area contributed by atoms with Gasteiger partial charge in [0.2, 0.25) is 0 Å². The first-order chi connectivity index (χ1) is 8.72. The summed E-state index contributed by atoms with van der Waals surface area (Å²) >= 11 is 11.4. The van der Waals surface area contributed by atoms with Gasteiger partial charge < -0.3 is 5.32 Å². The first-order valence-electron chi connectivity index (χ1n) is 5.92. The van der Waals surface area contributed by atoms with Crippen LogP contribution in [0.15, 0.2) is 39.5 Å². The Morgan fingerprint density at radius 3 is 2.89 bits per heavy atom. The summed E-state index contributed by atoms with van der Waals surface area (Å²) in [7, 11) is 0. The van der Waals surface area contributed by atoms with Gasteiger partial charge in [-0.05, 0) is 59.1 Å². The van der Waals surface area contributed by atoms with E-state index in [9.17, 15) is 0 Å². The van der Waals surface area contributed by atoms with Gasteiger partial charge in [0.05, 0.1) is 6.04 Å². The maximum atomic E-state index is 6.11. The van der Waals surface area contributed by atoms with Crippen LogP contribution in [0.4, 0.5) is 0 Å². The number of hydrogen-bond acceptors (Lipinski definition) is 2. The number of thiophene rings is 1. The quantitative estimate of drug-likeness (QED) is 0.781. The number of halogens is 2. The minimum atomic E-state index is 0.198. The van der Waals surface area contributed by atoms with Crippen LogP contribution in [0.25, 0.3) is 0 Å². The predicted molar refractivity (Wildman–Crippen MR) is 83.6 cm³/mol. The molecule has 4 heteroatoms. The second-order valence-corrected chi connectivity index (χ2v) is 6.18. The van der Waals surface area contributed by atoms with E-state index >= 15 is 0 Å². The van der Waals surface area contributed by atoms with Gasteiger partial charge in [0.1, 0.15) is 0 Å². The average Bonchev–Trinajstić information content (AvgIpc) is 2.88. The van der Waals surface area contributed by atoms with E-state index in [1.54, 1.807) is 11.3 Å². The number of hydrogen-bond donors (Lipinski definition) is 1. The number of benzene rings is 1. The molecule has 1 atom stereocenters. The Hall–Kier alpha value is -0.350. The summed E-state index contributed by atoms with van der Waals surface area (Å²) in [5.74, 6) is 0. The molecule has 0 bridgehead atoms. The Bertz CT molecular complexity index is 499. The molecule has 0 amide bonds. The van der Waals surface area contributed by atoms with Gasteiger partial charge in [-0.2, -0.15) is 11.3 Å². The third kappa shape index (κ3) is 3.35. The van der Waals surface area contributed by atoms with E-state index in [1.165, 1.54) is 11.1 Å². The minimum absolute atomic E-state index is 0.198. The lowest BCUT2D eigenvalue weighted by atomic mass is 10.0. The second kappa shape index (κ2) is 6.71. The molecule has 1 nitrogen and oxygen atoms in total. The Labute approximate surface area is 125 Å². The highest BCUT2D eigenvalue weighted by atomic mass is 79.9. The van der Waals surface area contributed by atoms with Gasteiger partial charge in [-0.3, -0.25) is 0 Å². The summed E-state index contributed by atoms with van der Waals surface area (Å²) in [4.78, 5) is 0. The smallest absolute Gasteiger partial charge is 0.0596 e. The predicted octanol–water partition coefficient (Wildman–Crippen LogP) is 5.25. The van der Waals surface area contributed by atoms with Gasteiger partial charge in [-0.1, -0.05) is 34.5 Å². The summed E-state index contributed by atoms with van der Waals surface area (Å²) in [6, 6.07) is 8.29. The number of nitrogens with one attached hydrogen (secondary N) is 1. The molecule has 0 saturated heterocycles. The van der Waals surface area contributed by atoms with E-state index < -0.39 is 0 Å². The molecule has 1 aromatic carbocycles. The van der Waals surface area contributed by atoms with Crippen LogP contribution < -0.4 is 5.32 Å². The first kappa shape index (κ1) is 14.1. The van der Waals surface area contributed by atoms with Gasteiger partial charge >= 0.3 is 0 Å². The lowest BCUT2D eigenvalue weighted by Crippen LogP contribution is -2.23. The van der Waals surface area contributed by atoms with Crippen LogP contribution in [-0.2, 0) is 0 Å². The lowest BCUT2D eigenvalue weighted by molar-refractivity contribution is 0.598. The fraction of sp³-hybridized carbons (Fsp3) is 0.286. The highest BCUT2D eigenvalue weighted by Gasteiger charge is 2.16. The molecule has 96 valence electrons. The van der Waals surface area contributed by atoms with E-state index in [2.05, 4.69) is 45.0 Å². The molecule has 0 aliphatic heterocycles. The van der Waals surface area contributed by atoms with Gasteiger partial charge in [-0.25, -0.2) is 0 Å². The highest BCUT2D eigenvalue weighted by Crippen LogP contribution is 2.31. The Kier molecular flexibility index (Phi) is 5.25. The molecule has 0 saturated carbocycles. The van der Waals surface area contributed by atoms with Crippen molar-refractivity contribution < 1.29 is 0 Å². The van der Waals surface area contributed by atoms with Crippen molar-refractivity contribution in [2.75, 3.05) is 6.54 Å². The maximum absolute atomic E-state index is 6.11. The molecular formula is C14H15BrClNS. The lowest BCUT2D eigenvalue weighted by Gasteiger charge is -2.19. The van der Waals surface area contributed by atoms with Gasteiger partial charge in [0.15, 0.2) is 0 Å². The maximum Gasteiger partial charge on any atom is 0.0596 e. The Morgan fingerprint density at radius 2 is 2.22 bits per heavy atom. The summed E-state index contributed by atoms with van der Waals surface area (Å²) in [5.41, 5.74) is 2.48. The molecule has 0 aliphatic rings. The molecule has 1 unspecified atom stereocenters. The van der Waals surface area contributed by atoms with Gasteiger partial charge in [0.25, 0.3) is 0 Å². The number of rotatable bonds is 5. The molecule has 1 aromatic heterocycles. The van der Waals surface area contributed by atoms with E-state index in [4.69, 9.17) is 11.6 Å². The normalized spacial score (nSPS) is 12.6. The largest absolute Gasteiger partial charge is 0.306 e. The zero-order chi connectivity index (χ0) is 13.0. The first-order valence-corrected chi connectivity index (χ1v) is 8.04. The Balaban J connectivity index is 2.36. The molecule has 2 aromatic rings. The van der Waals surface area contributed by atoms with Crippen molar-refractivity contribution in [1.29, 1.82) is 0 Å². The highest BCUT2D eigenvalue weighted by molar-refractivity contribution is 9.10. The average molecular weight is 345 g/mol. The van der Waals surface area contributed by atoms with Crippen LogP contribution in [0.5, 0.6) is 0 Å². The van der Waals surface area contributed by atoms with Crippen LogP contribution in [0, 0.1) is 0 Å². The zero-order valence-electron chi connectivity index (χ0n) is 10.1. The fourth-order valence-corrected chi connectivity index (χ4v) is 3.21. The van der Waals surface area contributed by atoms with E-state index in [0.717, 1.165) is 22.5 Å². The van der Waals surface area contributed by atoms with Crippen LogP contribution in [0.2, 0.25) is 5.02 Å². The van der Waals surface area contributed by atoms with E-state index in [-0.39, 0.29) is 6.04 Å². The van der Waals surface area contributed by atoms with Crippen LogP contribution in [-0.4, -0.2) is 6.54 Å². The molecule has 2 rings (SSSR count). The van der Waals surface area contributed by atoms with Crippen molar-refractivity contribution in [1.82, 2.24) is 5.32 Å². The fourth-order valence-electron chi connectivity index (χ4n) is 1.87. The topological polar surface area (TPSA) is 12.0 Å². The summed E-state index contributed by atoms with van der Waals surface area (Å²) in [6.45, 7) is 3.16. The van der Waals surface area contributed by atoms with Crippen molar-refractivity contribution >= 4 is 38.9 Å². The molecule has 1 heterocycles. The van der Waals surface area contributed by atoms with Crippen LogP contribution in [0.3, 0.4) is 0 Å². The molecule has 1 N–H and O–H groups in total. The van der Waals surface area contributed by atoms with Crippen LogP contribution in [0.1, 0.15) is 30.5 Å². The SMILES string of the molecule is CCCNC(c1ccsc1)c1cc(Cl)ccc1Br. The summed E-state index contributed by atoms with van der Waals surface area (Å²) in [6.07, 6.45) is 1.11. The molecular weight excluding hydrogens is 330 g/mol. The molecule has 0 spiro atoms. The third-order valence-electron chi connectivity index (χ3n) is 2.74. The van der Waals surface area contributed by atoms with Crippen molar-refractivity contribution in [2.24, 2.45) is 0 Å². The standard InChI is InChI=1S/C14H15BrClNS/c1-2-6-17-14(10-5-7-18-9-10)12-8-11(16)3-4-13(12)15/h3-5,7-9,14,17H,2,6H2,1H3. The van der Waals surface area contributed by atoms with E-state index in [0.29, 0.717) is 0 Å². The van der Waals surface area contributed by atoms with Crippen molar-refractivity contribution in [3.63, 3.8) is 0 Å². The van der Waals surface area contributed by atoms with Crippen LogP contribution >= 0.6 is 38.9 Å². The van der Waals surface area contributed by atoms with Gasteiger partial charge in [0, 0.05) is 9.50 Å². The minimum Gasteiger partial charge on any atom is -0.306 e. The zero-order valence-corrected chi connectivity index (χ0v) is 13.3. The second-order valence-electron chi connectivity index (χ2n) is 4.11. The van der Waals surface area contributed by atoms with Crippen molar-refractivity contribution in [3.05, 3.63) is 55.6 Å². The molecule has 18 heavy (non-hydrogen) atoms. The Morgan fingerprint density at radius 1 is 1.39 bits per heavy atom. The summed E-state index contributed by atoms with van der Waals surface area (Å²) < 4.78 is 1.09.